The van der Waals surface area contributed by atoms with Gasteiger partial charge in [0.2, 0.25) is 0 Å². The van der Waals surface area contributed by atoms with Gasteiger partial charge in [0.1, 0.15) is 0 Å². The van der Waals surface area contributed by atoms with E-state index in [1.165, 1.54) is 62.8 Å². The number of hydrogen-bond acceptors (Lipinski definition) is 2. The zero-order valence-corrected chi connectivity index (χ0v) is 13.5. The van der Waals surface area contributed by atoms with Crippen LogP contribution in [0.4, 0.5) is 0 Å². The lowest BCUT2D eigenvalue weighted by Gasteiger charge is -2.32. The molecule has 0 aromatic heterocycles. The van der Waals surface area contributed by atoms with Crippen molar-refractivity contribution in [2.75, 3.05) is 6.54 Å². The van der Waals surface area contributed by atoms with Crippen molar-refractivity contribution in [3.63, 3.8) is 0 Å². The van der Waals surface area contributed by atoms with E-state index >= 15 is 0 Å². The van der Waals surface area contributed by atoms with Gasteiger partial charge in [-0.3, -0.25) is 0 Å². The molecule has 1 saturated carbocycles. The van der Waals surface area contributed by atoms with Crippen LogP contribution in [0.3, 0.4) is 0 Å². The molecule has 0 amide bonds. The second kappa shape index (κ2) is 7.00. The van der Waals surface area contributed by atoms with Crippen LogP contribution in [0.25, 0.3) is 0 Å². The van der Waals surface area contributed by atoms with Gasteiger partial charge < -0.3 is 5.32 Å². The maximum Gasteiger partial charge on any atom is 0.0248 e. The summed E-state index contributed by atoms with van der Waals surface area (Å²) in [6.07, 6.45) is 10.7. The van der Waals surface area contributed by atoms with E-state index in [-0.39, 0.29) is 0 Å². The summed E-state index contributed by atoms with van der Waals surface area (Å²) in [4.78, 5) is 1.50. The predicted octanol–water partition coefficient (Wildman–Crippen LogP) is 4.58. The van der Waals surface area contributed by atoms with Crippen molar-refractivity contribution in [3.8, 4) is 0 Å². The largest absolute Gasteiger partial charge is 0.313 e. The van der Waals surface area contributed by atoms with E-state index in [1.54, 1.807) is 11.1 Å². The van der Waals surface area contributed by atoms with Crippen LogP contribution in [0, 0.1) is 0 Å². The van der Waals surface area contributed by atoms with E-state index in [9.17, 15) is 0 Å². The first-order valence-electron chi connectivity index (χ1n) is 8.38. The molecule has 1 aromatic carbocycles. The SMILES string of the molecule is CCCNC1CCCCC1Sc1ccc2c(c1)CCC2. The van der Waals surface area contributed by atoms with Gasteiger partial charge in [0.25, 0.3) is 0 Å². The number of fused-ring (bicyclic) bond motifs is 1. The van der Waals surface area contributed by atoms with Gasteiger partial charge >= 0.3 is 0 Å². The Balaban J connectivity index is 1.65. The van der Waals surface area contributed by atoms with E-state index in [2.05, 4.69) is 42.2 Å². The van der Waals surface area contributed by atoms with Gasteiger partial charge in [0, 0.05) is 16.2 Å². The number of aryl methyl sites for hydroxylation is 2. The number of thioether (sulfide) groups is 1. The second-order valence-electron chi connectivity index (χ2n) is 6.29. The third-order valence-corrected chi connectivity index (χ3v) is 6.11. The Morgan fingerprint density at radius 1 is 1.10 bits per heavy atom. The van der Waals surface area contributed by atoms with Gasteiger partial charge in [0.05, 0.1) is 0 Å². The highest BCUT2D eigenvalue weighted by atomic mass is 32.2. The molecule has 0 aliphatic heterocycles. The predicted molar refractivity (Wildman–Crippen MR) is 88.7 cm³/mol. The molecule has 110 valence electrons. The van der Waals surface area contributed by atoms with Gasteiger partial charge in [-0.05, 0) is 68.3 Å². The molecule has 0 saturated heterocycles. The van der Waals surface area contributed by atoms with Crippen LogP contribution in [0.5, 0.6) is 0 Å². The van der Waals surface area contributed by atoms with Crippen molar-refractivity contribution in [1.82, 2.24) is 5.32 Å². The maximum atomic E-state index is 3.77. The van der Waals surface area contributed by atoms with E-state index < -0.39 is 0 Å². The summed E-state index contributed by atoms with van der Waals surface area (Å²) in [5, 5.41) is 4.55. The Kier molecular flexibility index (Phi) is 5.06. The Morgan fingerprint density at radius 2 is 1.95 bits per heavy atom. The number of rotatable bonds is 5. The topological polar surface area (TPSA) is 12.0 Å². The molecule has 1 fully saturated rings. The van der Waals surface area contributed by atoms with Crippen LogP contribution in [0.15, 0.2) is 23.1 Å². The summed E-state index contributed by atoms with van der Waals surface area (Å²) >= 11 is 2.13. The molecule has 1 N–H and O–H groups in total. The highest BCUT2D eigenvalue weighted by molar-refractivity contribution is 8.00. The van der Waals surface area contributed by atoms with Crippen LogP contribution in [-0.2, 0) is 12.8 Å². The van der Waals surface area contributed by atoms with Crippen LogP contribution in [0.2, 0.25) is 0 Å². The smallest absolute Gasteiger partial charge is 0.0248 e. The standard InChI is InChI=1S/C18H27NS/c1-2-12-19-17-8-3-4-9-18(17)20-16-11-10-14-6-5-7-15(14)13-16/h10-11,13,17-19H,2-9,12H2,1H3. The molecule has 0 radical (unpaired) electrons. The maximum absolute atomic E-state index is 3.77. The van der Waals surface area contributed by atoms with E-state index in [0.717, 1.165) is 11.3 Å². The molecule has 20 heavy (non-hydrogen) atoms. The average molecular weight is 289 g/mol. The zero-order valence-electron chi connectivity index (χ0n) is 12.7. The van der Waals surface area contributed by atoms with E-state index in [1.807, 2.05) is 0 Å². The fourth-order valence-electron chi connectivity index (χ4n) is 3.60. The first kappa shape index (κ1) is 14.5. The summed E-state index contributed by atoms with van der Waals surface area (Å²) < 4.78 is 0. The lowest BCUT2D eigenvalue weighted by Crippen LogP contribution is -2.40. The Hall–Kier alpha value is -0.470. The van der Waals surface area contributed by atoms with Gasteiger partial charge in [0.15, 0.2) is 0 Å². The van der Waals surface area contributed by atoms with Crippen molar-refractivity contribution in [2.45, 2.75) is 74.5 Å². The lowest BCUT2D eigenvalue weighted by atomic mass is 9.95. The van der Waals surface area contributed by atoms with Gasteiger partial charge in [-0.2, -0.15) is 0 Å². The number of benzene rings is 1. The minimum atomic E-state index is 0.724. The summed E-state index contributed by atoms with van der Waals surface area (Å²) in [5.74, 6) is 0. The van der Waals surface area contributed by atoms with Crippen molar-refractivity contribution < 1.29 is 0 Å². The summed E-state index contributed by atoms with van der Waals surface area (Å²) in [6.45, 7) is 3.43. The van der Waals surface area contributed by atoms with Gasteiger partial charge in [-0.25, -0.2) is 0 Å². The molecular weight excluding hydrogens is 262 g/mol. The Bertz CT molecular complexity index is 443. The summed E-state index contributed by atoms with van der Waals surface area (Å²) in [7, 11) is 0. The Labute approximate surface area is 127 Å². The van der Waals surface area contributed by atoms with E-state index in [0.29, 0.717) is 0 Å². The fraction of sp³-hybridized carbons (Fsp3) is 0.667. The van der Waals surface area contributed by atoms with Crippen molar-refractivity contribution >= 4 is 11.8 Å². The molecule has 0 spiro atoms. The monoisotopic (exact) mass is 289 g/mol. The van der Waals surface area contributed by atoms with Gasteiger partial charge in [-0.15, -0.1) is 11.8 Å². The van der Waals surface area contributed by atoms with Crippen LogP contribution in [0.1, 0.15) is 56.6 Å². The average Bonchev–Trinajstić information content (AvgIpc) is 2.94. The first-order chi connectivity index (χ1) is 9.86. The first-order valence-corrected chi connectivity index (χ1v) is 9.26. The number of hydrogen-bond donors (Lipinski definition) is 1. The summed E-state index contributed by atoms with van der Waals surface area (Å²) in [6, 6.07) is 7.93. The Morgan fingerprint density at radius 3 is 2.85 bits per heavy atom. The molecule has 3 rings (SSSR count). The third kappa shape index (κ3) is 3.40. The minimum Gasteiger partial charge on any atom is -0.313 e. The highest BCUT2D eigenvalue weighted by Gasteiger charge is 2.25. The van der Waals surface area contributed by atoms with Crippen molar-refractivity contribution in [2.24, 2.45) is 0 Å². The molecular formula is C18H27NS. The molecule has 0 bridgehead atoms. The van der Waals surface area contributed by atoms with Crippen LogP contribution in [-0.4, -0.2) is 17.8 Å². The lowest BCUT2D eigenvalue weighted by molar-refractivity contribution is 0.384. The molecule has 1 nitrogen and oxygen atoms in total. The fourth-order valence-corrected chi connectivity index (χ4v) is 4.99. The van der Waals surface area contributed by atoms with Crippen LogP contribution < -0.4 is 5.32 Å². The quantitative estimate of drug-likeness (QED) is 0.851. The molecule has 1 aromatic rings. The van der Waals surface area contributed by atoms with Crippen LogP contribution >= 0.6 is 11.8 Å². The minimum absolute atomic E-state index is 0.724. The number of nitrogens with one attached hydrogen (secondary N) is 1. The van der Waals surface area contributed by atoms with Crippen molar-refractivity contribution in [3.05, 3.63) is 29.3 Å². The van der Waals surface area contributed by atoms with Crippen molar-refractivity contribution in [1.29, 1.82) is 0 Å². The third-order valence-electron chi connectivity index (χ3n) is 4.72. The molecule has 2 unspecified atom stereocenters. The highest BCUT2D eigenvalue weighted by Crippen LogP contribution is 2.36. The van der Waals surface area contributed by atoms with Gasteiger partial charge in [-0.1, -0.05) is 25.8 Å². The van der Waals surface area contributed by atoms with E-state index in [4.69, 9.17) is 0 Å². The molecule has 2 atom stereocenters. The molecule has 2 aliphatic carbocycles. The second-order valence-corrected chi connectivity index (χ2v) is 7.60. The molecule has 0 heterocycles. The molecule has 2 aliphatic rings. The summed E-state index contributed by atoms with van der Waals surface area (Å²) in [5.41, 5.74) is 3.21. The molecule has 2 heteroatoms. The zero-order chi connectivity index (χ0) is 13.8. The normalized spacial score (nSPS) is 25.6.